The Morgan fingerprint density at radius 3 is 2.58 bits per heavy atom. The van der Waals surface area contributed by atoms with Crippen LogP contribution in [0.4, 0.5) is 0 Å². The fraction of sp³-hybridized carbons (Fsp3) is 0.0625. The molecule has 0 bridgehead atoms. The average Bonchev–Trinajstić information content (AvgIpc) is 2.85. The number of rotatable bonds is 3. The molecule has 0 aliphatic heterocycles. The van der Waals surface area contributed by atoms with E-state index in [-0.39, 0.29) is 0 Å². The maximum absolute atomic E-state index is 11.1. The van der Waals surface area contributed by atoms with Crippen LogP contribution in [0.3, 0.4) is 0 Å². The van der Waals surface area contributed by atoms with Gasteiger partial charge in [-0.1, -0.05) is 40.2 Å². The molecule has 0 saturated heterocycles. The molecule has 0 N–H and O–H groups in total. The van der Waals surface area contributed by atoms with Gasteiger partial charge in [-0.3, -0.25) is 4.79 Å². The molecule has 0 aliphatic rings. The molecule has 1 heterocycles. The van der Waals surface area contributed by atoms with Gasteiger partial charge in [0.05, 0.1) is 5.52 Å². The van der Waals surface area contributed by atoms with E-state index in [0.717, 1.165) is 33.8 Å². The topological polar surface area (TPSA) is 22.0 Å². The van der Waals surface area contributed by atoms with Crippen LogP contribution in [0.1, 0.15) is 15.9 Å². The van der Waals surface area contributed by atoms with Gasteiger partial charge in [-0.25, -0.2) is 0 Å². The smallest absolute Gasteiger partial charge is 0.152 e. The number of hydrogen-bond acceptors (Lipinski definition) is 1. The number of benzene rings is 2. The molecule has 94 valence electrons. The number of aldehydes is 1. The van der Waals surface area contributed by atoms with Gasteiger partial charge in [0, 0.05) is 28.2 Å². The van der Waals surface area contributed by atoms with E-state index in [9.17, 15) is 4.79 Å². The molecule has 3 heteroatoms. The van der Waals surface area contributed by atoms with Crippen LogP contribution in [0.15, 0.2) is 59.2 Å². The van der Waals surface area contributed by atoms with Crippen molar-refractivity contribution in [2.75, 3.05) is 0 Å². The highest BCUT2D eigenvalue weighted by Gasteiger charge is 2.06. The summed E-state index contributed by atoms with van der Waals surface area (Å²) in [7, 11) is 0. The summed E-state index contributed by atoms with van der Waals surface area (Å²) in [6, 6.07) is 16.1. The first kappa shape index (κ1) is 12.2. The van der Waals surface area contributed by atoms with Crippen molar-refractivity contribution in [1.82, 2.24) is 4.57 Å². The number of para-hydroxylation sites is 1. The zero-order valence-electron chi connectivity index (χ0n) is 10.2. The highest BCUT2D eigenvalue weighted by atomic mass is 79.9. The number of fused-ring (bicyclic) bond motifs is 1. The van der Waals surface area contributed by atoms with Crippen LogP contribution in [0, 0.1) is 0 Å². The summed E-state index contributed by atoms with van der Waals surface area (Å²) in [4.78, 5) is 11.1. The first-order valence-corrected chi connectivity index (χ1v) is 6.85. The van der Waals surface area contributed by atoms with Gasteiger partial charge in [0.1, 0.15) is 0 Å². The first-order chi connectivity index (χ1) is 9.28. The summed E-state index contributed by atoms with van der Waals surface area (Å²) in [6.07, 6.45) is 2.94. The molecule has 3 rings (SSSR count). The lowest BCUT2D eigenvalue weighted by atomic mass is 10.1. The Kier molecular flexibility index (Phi) is 3.22. The zero-order chi connectivity index (χ0) is 13.2. The second kappa shape index (κ2) is 5.02. The van der Waals surface area contributed by atoms with Crippen LogP contribution >= 0.6 is 15.9 Å². The summed E-state index contributed by atoms with van der Waals surface area (Å²) in [5.74, 6) is 0. The standard InChI is InChI=1S/C16H12BrNO/c17-15-6-4-12(5-7-15)10-18-9-8-13-2-1-3-14(11-19)16(13)18/h1-9,11H,10H2. The Labute approximate surface area is 119 Å². The van der Waals surface area contributed by atoms with Crippen molar-refractivity contribution in [1.29, 1.82) is 0 Å². The molecule has 0 saturated carbocycles. The number of nitrogens with zero attached hydrogens (tertiary/aromatic N) is 1. The Morgan fingerprint density at radius 1 is 1.05 bits per heavy atom. The van der Waals surface area contributed by atoms with Crippen LogP contribution in [0.5, 0.6) is 0 Å². The van der Waals surface area contributed by atoms with Gasteiger partial charge in [0.25, 0.3) is 0 Å². The third-order valence-corrected chi connectivity index (χ3v) is 3.74. The third-order valence-electron chi connectivity index (χ3n) is 3.21. The minimum absolute atomic E-state index is 0.736. The molecule has 2 nitrogen and oxygen atoms in total. The van der Waals surface area contributed by atoms with Crippen LogP contribution in [-0.2, 0) is 6.54 Å². The average molecular weight is 314 g/mol. The van der Waals surface area contributed by atoms with Crippen molar-refractivity contribution in [3.8, 4) is 0 Å². The van der Waals surface area contributed by atoms with E-state index >= 15 is 0 Å². The Bertz CT molecular complexity index is 728. The largest absolute Gasteiger partial charge is 0.342 e. The van der Waals surface area contributed by atoms with Crippen molar-refractivity contribution in [2.24, 2.45) is 0 Å². The number of hydrogen-bond donors (Lipinski definition) is 0. The van der Waals surface area contributed by atoms with E-state index in [2.05, 4.69) is 32.6 Å². The second-order valence-electron chi connectivity index (χ2n) is 4.47. The second-order valence-corrected chi connectivity index (χ2v) is 5.39. The van der Waals surface area contributed by atoms with E-state index < -0.39 is 0 Å². The molecule has 0 amide bonds. The maximum atomic E-state index is 11.1. The van der Waals surface area contributed by atoms with Gasteiger partial charge in [0.2, 0.25) is 0 Å². The van der Waals surface area contributed by atoms with Crippen LogP contribution < -0.4 is 0 Å². The van der Waals surface area contributed by atoms with Crippen LogP contribution in [0.25, 0.3) is 10.9 Å². The highest BCUT2D eigenvalue weighted by Crippen LogP contribution is 2.21. The van der Waals surface area contributed by atoms with Crippen molar-refractivity contribution in [3.05, 3.63) is 70.3 Å². The predicted octanol–water partition coefficient (Wildman–Crippen LogP) is 4.26. The van der Waals surface area contributed by atoms with E-state index in [4.69, 9.17) is 0 Å². The lowest BCUT2D eigenvalue weighted by molar-refractivity contribution is 0.112. The minimum Gasteiger partial charge on any atom is -0.342 e. The summed E-state index contributed by atoms with van der Waals surface area (Å²) < 4.78 is 3.18. The van der Waals surface area contributed by atoms with Crippen LogP contribution in [0.2, 0.25) is 0 Å². The fourth-order valence-electron chi connectivity index (χ4n) is 2.30. The molecular weight excluding hydrogens is 302 g/mol. The SMILES string of the molecule is O=Cc1cccc2ccn(Cc3ccc(Br)cc3)c12. The monoisotopic (exact) mass is 313 g/mol. The van der Waals surface area contributed by atoms with Crippen LogP contribution in [-0.4, -0.2) is 10.9 Å². The summed E-state index contributed by atoms with van der Waals surface area (Å²) >= 11 is 3.43. The molecular formula is C16H12BrNO. The van der Waals surface area contributed by atoms with Crippen molar-refractivity contribution < 1.29 is 4.79 Å². The Balaban J connectivity index is 2.05. The number of carbonyl (C=O) groups excluding carboxylic acids is 1. The quantitative estimate of drug-likeness (QED) is 0.662. The van der Waals surface area contributed by atoms with Gasteiger partial charge >= 0.3 is 0 Å². The number of halogens is 1. The third kappa shape index (κ3) is 2.34. The lowest BCUT2D eigenvalue weighted by Gasteiger charge is -2.07. The highest BCUT2D eigenvalue weighted by molar-refractivity contribution is 9.10. The molecule has 0 spiro atoms. The molecule has 0 fully saturated rings. The minimum atomic E-state index is 0.736. The molecule has 1 aromatic heterocycles. The Morgan fingerprint density at radius 2 is 1.84 bits per heavy atom. The lowest BCUT2D eigenvalue weighted by Crippen LogP contribution is -1.99. The van der Waals surface area contributed by atoms with Gasteiger partial charge < -0.3 is 4.57 Å². The van der Waals surface area contributed by atoms with Gasteiger partial charge in [-0.05, 0) is 29.8 Å². The zero-order valence-corrected chi connectivity index (χ0v) is 11.8. The van der Waals surface area contributed by atoms with Crippen molar-refractivity contribution in [3.63, 3.8) is 0 Å². The van der Waals surface area contributed by atoms with E-state index in [1.54, 1.807) is 0 Å². The van der Waals surface area contributed by atoms with E-state index in [1.807, 2.05) is 42.6 Å². The summed E-state index contributed by atoms with van der Waals surface area (Å²) in [6.45, 7) is 0.766. The molecule has 0 atom stereocenters. The van der Waals surface area contributed by atoms with Gasteiger partial charge in [-0.15, -0.1) is 0 Å². The molecule has 2 aromatic carbocycles. The normalized spacial score (nSPS) is 10.8. The fourth-order valence-corrected chi connectivity index (χ4v) is 2.57. The Hall–Kier alpha value is -1.87. The molecule has 0 radical (unpaired) electrons. The summed E-state index contributed by atoms with van der Waals surface area (Å²) in [5, 5.41) is 1.10. The van der Waals surface area contributed by atoms with Gasteiger partial charge in [-0.2, -0.15) is 0 Å². The summed E-state index contributed by atoms with van der Waals surface area (Å²) in [5.41, 5.74) is 2.95. The number of carbonyl (C=O) groups is 1. The van der Waals surface area contributed by atoms with E-state index in [1.165, 1.54) is 5.56 Å². The molecule has 0 aliphatic carbocycles. The van der Waals surface area contributed by atoms with Crippen molar-refractivity contribution in [2.45, 2.75) is 6.54 Å². The first-order valence-electron chi connectivity index (χ1n) is 6.05. The number of aromatic nitrogens is 1. The molecule has 19 heavy (non-hydrogen) atoms. The van der Waals surface area contributed by atoms with Gasteiger partial charge in [0.15, 0.2) is 6.29 Å². The predicted molar refractivity (Wildman–Crippen MR) is 80.6 cm³/mol. The molecule has 3 aromatic rings. The maximum Gasteiger partial charge on any atom is 0.152 e. The van der Waals surface area contributed by atoms with E-state index in [0.29, 0.717) is 0 Å². The van der Waals surface area contributed by atoms with Crippen molar-refractivity contribution >= 4 is 33.1 Å². The molecule has 0 unspecified atom stereocenters.